The summed E-state index contributed by atoms with van der Waals surface area (Å²) in [6.07, 6.45) is 1.24. The minimum atomic E-state index is -0.588. The Morgan fingerprint density at radius 3 is 2.45 bits per heavy atom. The number of urea groups is 1. The van der Waals surface area contributed by atoms with E-state index < -0.39 is 17.8 Å². The number of amides is 3. The molecular weight excluding hydrogens is 307 g/mol. The van der Waals surface area contributed by atoms with Gasteiger partial charge >= 0.3 is 6.03 Å². The molecule has 0 radical (unpaired) electrons. The highest BCUT2D eigenvalue weighted by Crippen LogP contribution is 2.25. The smallest absolute Gasteiger partial charge is 0.302 e. The first-order valence-corrected chi connectivity index (χ1v) is 6.82. The maximum absolute atomic E-state index is 13.8. The predicted molar refractivity (Wildman–Crippen MR) is 81.8 cm³/mol. The molecule has 1 N–H and O–H groups in total. The highest BCUT2D eigenvalue weighted by molar-refractivity contribution is 6.33. The minimum Gasteiger partial charge on any atom is -0.302 e. The van der Waals surface area contributed by atoms with Crippen molar-refractivity contribution in [2.45, 2.75) is 0 Å². The van der Waals surface area contributed by atoms with E-state index in [2.05, 4.69) is 5.32 Å². The second-order valence-corrected chi connectivity index (χ2v) is 5.01. The van der Waals surface area contributed by atoms with Crippen LogP contribution in [0.2, 0.25) is 5.02 Å². The fourth-order valence-electron chi connectivity index (χ4n) is 2.14. The second kappa shape index (κ2) is 5.61. The number of imide groups is 1. The van der Waals surface area contributed by atoms with Crippen LogP contribution in [0.4, 0.5) is 14.9 Å². The summed E-state index contributed by atoms with van der Waals surface area (Å²) in [6, 6.07) is 12.1. The molecule has 4 nitrogen and oxygen atoms in total. The molecule has 1 heterocycles. The first kappa shape index (κ1) is 14.3. The van der Waals surface area contributed by atoms with Crippen LogP contribution < -0.4 is 10.2 Å². The summed E-state index contributed by atoms with van der Waals surface area (Å²) in [5, 5.41) is 2.59. The van der Waals surface area contributed by atoms with Crippen LogP contribution in [-0.2, 0) is 4.79 Å². The summed E-state index contributed by atoms with van der Waals surface area (Å²) in [5.41, 5.74) is 0.469. The molecule has 0 aromatic heterocycles. The van der Waals surface area contributed by atoms with E-state index in [-0.39, 0.29) is 16.3 Å². The number of anilines is 1. The number of nitrogens with one attached hydrogen (secondary N) is 1. The molecule has 22 heavy (non-hydrogen) atoms. The van der Waals surface area contributed by atoms with E-state index in [1.54, 1.807) is 30.3 Å². The highest BCUT2D eigenvalue weighted by Gasteiger charge is 2.34. The maximum Gasteiger partial charge on any atom is 0.333 e. The van der Waals surface area contributed by atoms with Crippen LogP contribution in [0.5, 0.6) is 0 Å². The first-order chi connectivity index (χ1) is 10.6. The average molecular weight is 317 g/mol. The number of benzene rings is 2. The van der Waals surface area contributed by atoms with E-state index in [0.717, 1.165) is 4.90 Å². The number of para-hydroxylation sites is 1. The van der Waals surface area contributed by atoms with Gasteiger partial charge in [0, 0.05) is 5.56 Å². The monoisotopic (exact) mass is 316 g/mol. The first-order valence-electron chi connectivity index (χ1n) is 6.44. The lowest BCUT2D eigenvalue weighted by Crippen LogP contribution is -2.30. The number of carbonyl (C=O) groups excluding carboxylic acids is 2. The Labute approximate surface area is 130 Å². The number of nitrogens with zero attached hydrogens (tertiary/aromatic N) is 1. The molecule has 2 aromatic rings. The zero-order valence-corrected chi connectivity index (χ0v) is 12.0. The van der Waals surface area contributed by atoms with Gasteiger partial charge in [-0.15, -0.1) is 0 Å². The Kier molecular flexibility index (Phi) is 3.65. The quantitative estimate of drug-likeness (QED) is 0.680. The molecule has 0 saturated carbocycles. The molecule has 1 fully saturated rings. The third-order valence-electron chi connectivity index (χ3n) is 3.18. The van der Waals surface area contributed by atoms with Crippen LogP contribution in [0.1, 0.15) is 5.56 Å². The largest absolute Gasteiger partial charge is 0.333 e. The fourth-order valence-corrected chi connectivity index (χ4v) is 2.36. The summed E-state index contributed by atoms with van der Waals surface area (Å²) in [6.45, 7) is 0. The molecule has 3 rings (SSSR count). The lowest BCUT2D eigenvalue weighted by molar-refractivity contribution is -0.113. The van der Waals surface area contributed by atoms with Crippen LogP contribution in [0.15, 0.2) is 54.2 Å². The molecule has 1 aliphatic heterocycles. The summed E-state index contributed by atoms with van der Waals surface area (Å²) >= 11 is 5.92. The molecule has 0 spiro atoms. The summed E-state index contributed by atoms with van der Waals surface area (Å²) in [5.74, 6) is -1.13. The number of halogens is 2. The molecule has 0 atom stereocenters. The number of hydrogen-bond donors (Lipinski definition) is 1. The Hall–Kier alpha value is -2.66. The number of hydrogen-bond acceptors (Lipinski definition) is 2. The van der Waals surface area contributed by atoms with E-state index in [1.807, 2.05) is 0 Å². The lowest BCUT2D eigenvalue weighted by Gasteiger charge is -2.10. The molecule has 110 valence electrons. The fraction of sp³-hybridized carbons (Fsp3) is 0. The lowest BCUT2D eigenvalue weighted by atomic mass is 10.1. The van der Waals surface area contributed by atoms with Crippen molar-refractivity contribution < 1.29 is 14.0 Å². The third kappa shape index (κ3) is 2.46. The molecule has 0 aliphatic carbocycles. The molecule has 0 unspecified atom stereocenters. The van der Waals surface area contributed by atoms with E-state index in [4.69, 9.17) is 11.6 Å². The van der Waals surface area contributed by atoms with E-state index in [1.165, 1.54) is 24.3 Å². The van der Waals surface area contributed by atoms with Crippen LogP contribution in [0, 0.1) is 5.82 Å². The van der Waals surface area contributed by atoms with Crippen molar-refractivity contribution in [2.75, 3.05) is 4.90 Å². The van der Waals surface area contributed by atoms with Gasteiger partial charge in [0.25, 0.3) is 5.91 Å². The summed E-state index contributed by atoms with van der Waals surface area (Å²) < 4.78 is 13.8. The molecule has 3 amide bonds. The highest BCUT2D eigenvalue weighted by atomic mass is 35.5. The molecule has 0 bridgehead atoms. The standard InChI is InChI=1S/C16H10ClFN2O2/c17-12-7-4-8-13(18)11(12)9-14-15(21)20(16(22)19-14)10-5-2-1-3-6-10/h1-9H,(H,19,22)/b14-9+. The Balaban J connectivity index is 2.00. The zero-order chi connectivity index (χ0) is 15.7. The molecule has 2 aromatic carbocycles. The van der Waals surface area contributed by atoms with Gasteiger partial charge in [-0.1, -0.05) is 35.9 Å². The van der Waals surface area contributed by atoms with Gasteiger partial charge in [-0.25, -0.2) is 14.1 Å². The number of rotatable bonds is 2. The van der Waals surface area contributed by atoms with Crippen LogP contribution >= 0.6 is 11.6 Å². The van der Waals surface area contributed by atoms with Crippen molar-refractivity contribution >= 4 is 35.3 Å². The number of carbonyl (C=O) groups is 2. The molecule has 1 aliphatic rings. The van der Waals surface area contributed by atoms with Crippen LogP contribution in [-0.4, -0.2) is 11.9 Å². The summed E-state index contributed by atoms with van der Waals surface area (Å²) in [4.78, 5) is 25.3. The van der Waals surface area contributed by atoms with E-state index >= 15 is 0 Å². The Morgan fingerprint density at radius 2 is 1.77 bits per heavy atom. The van der Waals surface area contributed by atoms with Gasteiger partial charge in [0.2, 0.25) is 0 Å². The van der Waals surface area contributed by atoms with Crippen molar-refractivity contribution in [3.05, 3.63) is 70.6 Å². The van der Waals surface area contributed by atoms with E-state index in [0.29, 0.717) is 5.69 Å². The SMILES string of the molecule is O=C1N/C(=C/c2c(F)cccc2Cl)C(=O)N1c1ccccc1. The van der Waals surface area contributed by atoms with Crippen molar-refractivity contribution in [3.63, 3.8) is 0 Å². The van der Waals surface area contributed by atoms with Crippen molar-refractivity contribution in [3.8, 4) is 0 Å². The van der Waals surface area contributed by atoms with Gasteiger partial charge in [-0.2, -0.15) is 0 Å². The van der Waals surface area contributed by atoms with Gasteiger partial charge < -0.3 is 5.32 Å². The van der Waals surface area contributed by atoms with Crippen LogP contribution in [0.25, 0.3) is 6.08 Å². The van der Waals surface area contributed by atoms with Gasteiger partial charge in [0.15, 0.2) is 0 Å². The Morgan fingerprint density at radius 1 is 1.05 bits per heavy atom. The normalized spacial score (nSPS) is 16.3. The van der Waals surface area contributed by atoms with Crippen molar-refractivity contribution in [1.29, 1.82) is 0 Å². The molecular formula is C16H10ClFN2O2. The average Bonchev–Trinajstić information content (AvgIpc) is 2.78. The van der Waals surface area contributed by atoms with Gasteiger partial charge in [0.05, 0.1) is 10.7 Å². The third-order valence-corrected chi connectivity index (χ3v) is 3.51. The van der Waals surface area contributed by atoms with Crippen molar-refractivity contribution in [2.24, 2.45) is 0 Å². The van der Waals surface area contributed by atoms with Crippen LogP contribution in [0.3, 0.4) is 0 Å². The second-order valence-electron chi connectivity index (χ2n) is 4.60. The Bertz CT molecular complexity index is 770. The van der Waals surface area contributed by atoms with Gasteiger partial charge in [-0.3, -0.25) is 4.79 Å². The zero-order valence-electron chi connectivity index (χ0n) is 11.2. The minimum absolute atomic E-state index is 0.0270. The predicted octanol–water partition coefficient (Wildman–Crippen LogP) is 3.58. The van der Waals surface area contributed by atoms with Crippen molar-refractivity contribution in [1.82, 2.24) is 5.32 Å². The topological polar surface area (TPSA) is 49.4 Å². The molecule has 1 saturated heterocycles. The van der Waals surface area contributed by atoms with E-state index in [9.17, 15) is 14.0 Å². The van der Waals surface area contributed by atoms with Gasteiger partial charge in [-0.05, 0) is 30.3 Å². The maximum atomic E-state index is 13.8. The summed E-state index contributed by atoms with van der Waals surface area (Å²) in [7, 11) is 0. The van der Waals surface area contributed by atoms with Gasteiger partial charge in [0.1, 0.15) is 11.5 Å². The molecule has 6 heteroatoms.